The molecule has 1 aliphatic heterocycles. The normalized spacial score (nSPS) is 12.8. The third-order valence-corrected chi connectivity index (χ3v) is 7.75. The van der Waals surface area contributed by atoms with Crippen molar-refractivity contribution in [3.63, 3.8) is 0 Å². The van der Waals surface area contributed by atoms with Gasteiger partial charge < -0.3 is 25.2 Å². The smallest absolute Gasteiger partial charge is 0.227 e. The minimum Gasteiger partial charge on any atom is -0.375 e. The van der Waals surface area contributed by atoms with Gasteiger partial charge in [-0.3, -0.25) is 19.6 Å². The largest absolute Gasteiger partial charge is 0.375 e. The molecule has 3 aromatic rings. The number of fused-ring (bicyclic) bond motifs is 5. The molecule has 0 fully saturated rings. The predicted molar refractivity (Wildman–Crippen MR) is 163 cm³/mol. The van der Waals surface area contributed by atoms with Crippen molar-refractivity contribution in [1.82, 2.24) is 20.7 Å². The molecule has 1 aliphatic rings. The first-order valence-corrected chi connectivity index (χ1v) is 14.7. The molecule has 0 aliphatic carbocycles. The second kappa shape index (κ2) is 14.5. The summed E-state index contributed by atoms with van der Waals surface area (Å²) < 4.78 is 6.08. The molecule has 229 valence electrons. The van der Waals surface area contributed by atoms with Crippen LogP contribution in [0.3, 0.4) is 0 Å². The van der Waals surface area contributed by atoms with Crippen LogP contribution in [0.2, 0.25) is 0 Å². The fourth-order valence-electron chi connectivity index (χ4n) is 5.07. The maximum Gasteiger partial charge on any atom is 0.227 e. The van der Waals surface area contributed by atoms with Gasteiger partial charge in [-0.25, -0.2) is 0 Å². The zero-order valence-electron chi connectivity index (χ0n) is 26.0. The van der Waals surface area contributed by atoms with Gasteiger partial charge in [0.2, 0.25) is 11.8 Å². The van der Waals surface area contributed by atoms with E-state index in [1.165, 1.54) is 0 Å². The summed E-state index contributed by atoms with van der Waals surface area (Å²) >= 11 is 0. The van der Waals surface area contributed by atoms with Crippen molar-refractivity contribution in [3.05, 3.63) is 54.1 Å². The number of rotatable bonds is 12. The molecule has 0 saturated heterocycles. The van der Waals surface area contributed by atoms with Gasteiger partial charge in [-0.1, -0.05) is 56.3 Å². The Morgan fingerprint density at radius 1 is 0.953 bits per heavy atom. The third-order valence-electron chi connectivity index (χ3n) is 7.75. The molecule has 0 saturated carbocycles. The maximum atomic E-state index is 13.6. The molecule has 1 aromatic heterocycles. The molecule has 4 rings (SSSR count). The van der Waals surface area contributed by atoms with E-state index in [-0.39, 0.29) is 54.9 Å². The van der Waals surface area contributed by atoms with Crippen LogP contribution in [0.1, 0.15) is 79.2 Å². The van der Waals surface area contributed by atoms with Crippen LogP contribution in [-0.4, -0.2) is 45.7 Å². The molecule has 0 spiro atoms. The Morgan fingerprint density at radius 3 is 2.35 bits per heavy atom. The van der Waals surface area contributed by atoms with Crippen LogP contribution in [0, 0.1) is 5.92 Å². The van der Waals surface area contributed by atoms with E-state index >= 15 is 0 Å². The van der Waals surface area contributed by atoms with Crippen LogP contribution in [0.5, 0.6) is 0 Å². The molecule has 0 unspecified atom stereocenters. The zero-order chi connectivity index (χ0) is 30.5. The summed E-state index contributed by atoms with van der Waals surface area (Å²) in [7, 11) is 0. The summed E-state index contributed by atoms with van der Waals surface area (Å²) in [6.45, 7) is 12.5. The van der Waals surface area contributed by atoms with Crippen LogP contribution >= 0.6 is 0 Å². The Labute approximate surface area is 266 Å². The van der Waals surface area contributed by atoms with Crippen LogP contribution in [0.4, 0.5) is 5.69 Å². The number of nitrogens with zero attached hydrogens (tertiary/aromatic N) is 4. The SMILES string of the molecule is CC(C)C(=O)CCC(C)(C)OCCC(C)(C)NC(=O)CCC(=O)N1Cc2ccccc2-c2[n-]nnc2-c2ccccc21.[V]. The maximum absolute atomic E-state index is 13.6. The van der Waals surface area contributed by atoms with E-state index in [0.717, 1.165) is 22.4 Å². The Hall–Kier alpha value is -3.27. The van der Waals surface area contributed by atoms with Gasteiger partial charge in [-0.15, -0.1) is 0 Å². The number of hydrogen-bond acceptors (Lipinski definition) is 6. The standard InChI is InChI=1S/C33H43N5O4.V/c1-22(2)27(39)17-18-33(5,6)42-20-19-32(3,4)34-28(40)15-16-29(41)38-21-23-11-7-8-12-24(23)30-31(36-37-35-30)25-13-9-10-14-26(25)38;/h7-14,22H,15-21H2,1-6H3,(H2,34,35,36,37,40);/p-1. The van der Waals surface area contributed by atoms with Crippen LogP contribution in [-0.2, 0) is 44.2 Å². The zero-order valence-corrected chi connectivity index (χ0v) is 27.4. The van der Waals surface area contributed by atoms with Gasteiger partial charge >= 0.3 is 0 Å². The third kappa shape index (κ3) is 8.88. The summed E-state index contributed by atoms with van der Waals surface area (Å²) in [4.78, 5) is 40.3. The van der Waals surface area contributed by atoms with Gasteiger partial charge in [0.05, 0.1) is 17.8 Å². The van der Waals surface area contributed by atoms with E-state index in [1.807, 2.05) is 90.1 Å². The van der Waals surface area contributed by atoms with Crippen molar-refractivity contribution in [2.24, 2.45) is 5.92 Å². The number of anilines is 1. The summed E-state index contributed by atoms with van der Waals surface area (Å²) in [5.74, 6) is -0.0822. The Kier molecular flexibility index (Phi) is 11.5. The van der Waals surface area contributed by atoms with Crippen molar-refractivity contribution in [2.45, 2.75) is 91.3 Å². The minimum absolute atomic E-state index is 0. The van der Waals surface area contributed by atoms with Gasteiger partial charge in [0.15, 0.2) is 0 Å². The fraction of sp³-hybridized carbons (Fsp3) is 0.485. The van der Waals surface area contributed by atoms with Crippen molar-refractivity contribution in [2.75, 3.05) is 11.5 Å². The Balaban J connectivity index is 0.00000506. The molecular weight excluding hydrogens is 581 g/mol. The molecule has 2 heterocycles. The predicted octanol–water partition coefficient (Wildman–Crippen LogP) is 5.48. The molecule has 43 heavy (non-hydrogen) atoms. The molecular formula is C33H42N5O4V-. The van der Waals surface area contributed by atoms with Crippen molar-refractivity contribution in [3.8, 4) is 22.5 Å². The van der Waals surface area contributed by atoms with Crippen molar-refractivity contribution >= 4 is 23.3 Å². The monoisotopic (exact) mass is 623 g/mol. The van der Waals surface area contributed by atoms with Crippen LogP contribution < -0.4 is 15.3 Å². The minimum atomic E-state index is -0.518. The van der Waals surface area contributed by atoms with Crippen LogP contribution in [0.25, 0.3) is 22.5 Å². The number of ether oxygens (including phenoxy) is 1. The quantitative estimate of drug-likeness (QED) is 0.284. The number of benzene rings is 2. The number of amides is 2. The van der Waals surface area contributed by atoms with E-state index in [1.54, 1.807) is 4.90 Å². The van der Waals surface area contributed by atoms with Gasteiger partial charge in [-0.05, 0) is 69.1 Å². The first-order chi connectivity index (χ1) is 19.9. The summed E-state index contributed by atoms with van der Waals surface area (Å²) in [5, 5.41) is 15.6. The topological polar surface area (TPSA) is 116 Å². The number of para-hydroxylation sites is 1. The summed E-state index contributed by atoms with van der Waals surface area (Å²) in [5.41, 5.74) is 3.71. The summed E-state index contributed by atoms with van der Waals surface area (Å²) in [6.07, 6.45) is 1.86. The van der Waals surface area contributed by atoms with E-state index in [0.29, 0.717) is 43.8 Å². The number of hydrogen-bond donors (Lipinski definition) is 1. The Morgan fingerprint density at radius 2 is 1.63 bits per heavy atom. The summed E-state index contributed by atoms with van der Waals surface area (Å²) in [6, 6.07) is 15.4. The van der Waals surface area contributed by atoms with Gasteiger partial charge in [0.25, 0.3) is 0 Å². The number of carbonyl (C=O) groups is 3. The fourth-order valence-corrected chi connectivity index (χ4v) is 5.07. The van der Waals surface area contributed by atoms with Crippen LogP contribution in [0.15, 0.2) is 48.5 Å². The molecule has 2 aromatic carbocycles. The second-order valence-electron chi connectivity index (χ2n) is 12.6. The van der Waals surface area contributed by atoms with E-state index < -0.39 is 11.1 Å². The first-order valence-electron chi connectivity index (χ1n) is 14.7. The molecule has 0 atom stereocenters. The van der Waals surface area contributed by atoms with Crippen molar-refractivity contribution in [1.29, 1.82) is 0 Å². The molecule has 1 radical (unpaired) electrons. The molecule has 1 N–H and O–H groups in total. The number of Topliss-reactive ketones (excluding diaryl/α,β-unsaturated/α-hetero) is 1. The number of ketones is 1. The number of nitrogens with one attached hydrogen (secondary N) is 1. The molecule has 10 heteroatoms. The Bertz CT molecular complexity index is 1430. The van der Waals surface area contributed by atoms with Gasteiger partial charge in [0, 0.05) is 61.4 Å². The average Bonchev–Trinajstić information content (AvgIpc) is 3.41. The average molecular weight is 624 g/mol. The number of carbonyl (C=O) groups excluding carboxylic acids is 3. The number of aromatic nitrogens is 3. The van der Waals surface area contributed by atoms with Gasteiger partial charge in [0.1, 0.15) is 5.78 Å². The van der Waals surface area contributed by atoms with E-state index in [2.05, 4.69) is 20.7 Å². The van der Waals surface area contributed by atoms with E-state index in [4.69, 9.17) is 4.74 Å². The van der Waals surface area contributed by atoms with Crippen molar-refractivity contribution < 1.29 is 37.7 Å². The first kappa shape index (κ1) is 34.2. The van der Waals surface area contributed by atoms with Gasteiger partial charge in [-0.2, -0.15) is 0 Å². The molecule has 2 amide bonds. The second-order valence-corrected chi connectivity index (χ2v) is 12.6. The molecule has 9 nitrogen and oxygen atoms in total. The van der Waals surface area contributed by atoms with E-state index in [9.17, 15) is 14.4 Å². The molecule has 0 bridgehead atoms.